The normalized spacial score (nSPS) is 12.7. The Hall–Kier alpha value is 0.867. The molecule has 2 nitrogen and oxygen atoms in total. The van der Waals surface area contributed by atoms with Crippen LogP contribution in [0.5, 0.6) is 0 Å². The van der Waals surface area contributed by atoms with E-state index in [4.69, 9.17) is 8.85 Å². The van der Waals surface area contributed by atoms with E-state index in [1.165, 1.54) is 0 Å². The van der Waals surface area contributed by atoms with Crippen molar-refractivity contribution in [3.8, 4) is 0 Å². The minimum atomic E-state index is -1.80. The van der Waals surface area contributed by atoms with Crippen LogP contribution in [0, 0.1) is 0 Å². The van der Waals surface area contributed by atoms with E-state index in [-0.39, 0.29) is 0 Å². The summed E-state index contributed by atoms with van der Waals surface area (Å²) < 4.78 is 10.5. The van der Waals surface area contributed by atoms with E-state index in [0.29, 0.717) is 5.54 Å². The van der Waals surface area contributed by atoms with Gasteiger partial charge in [0.05, 0.1) is 0 Å². The molecule has 56 valence electrons. The molecule has 9 heavy (non-hydrogen) atoms. The molecule has 0 unspecified atom stereocenters. The van der Waals surface area contributed by atoms with Crippen molar-refractivity contribution >= 4 is 27.9 Å². The minimum absolute atomic E-state index is 0.507. The molecule has 0 aromatic carbocycles. The van der Waals surface area contributed by atoms with Gasteiger partial charge in [0.1, 0.15) is 0 Å². The zero-order valence-electron chi connectivity index (χ0n) is 6.27. The van der Waals surface area contributed by atoms with Crippen LogP contribution >= 0.6 is 21.8 Å². The van der Waals surface area contributed by atoms with Gasteiger partial charge in [0.15, 0.2) is 0 Å². The Morgan fingerprint density at radius 3 is 1.56 bits per heavy atom. The van der Waals surface area contributed by atoms with Crippen molar-refractivity contribution < 1.29 is 8.85 Å². The molecule has 0 spiro atoms. The van der Waals surface area contributed by atoms with Crippen molar-refractivity contribution in [3.05, 3.63) is 0 Å². The molecule has 0 aliphatic heterocycles. The summed E-state index contributed by atoms with van der Waals surface area (Å²) in [5.41, 5.74) is 0.507. The maximum absolute atomic E-state index is 5.25. The van der Waals surface area contributed by atoms with Crippen molar-refractivity contribution in [2.45, 2.75) is 19.4 Å². The lowest BCUT2D eigenvalue weighted by Crippen LogP contribution is -2.35. The lowest BCUT2D eigenvalue weighted by atomic mass is 10.6. The predicted octanol–water partition coefficient (Wildman–Crippen LogP) is 2.06. The van der Waals surface area contributed by atoms with Gasteiger partial charge in [-0.15, -0.1) is 0 Å². The van der Waals surface area contributed by atoms with E-state index in [9.17, 15) is 0 Å². The van der Waals surface area contributed by atoms with Gasteiger partial charge in [-0.3, -0.25) is 0 Å². The molecule has 4 heteroatoms. The average molecular weight is 260 g/mol. The first-order valence-corrected chi connectivity index (χ1v) is 7.87. The van der Waals surface area contributed by atoms with Crippen molar-refractivity contribution in [1.82, 2.24) is 0 Å². The molecular formula is C5H13IO2Si. The first kappa shape index (κ1) is 9.87. The number of hydrogen-bond donors (Lipinski definition) is 0. The first-order valence-electron chi connectivity index (χ1n) is 2.86. The summed E-state index contributed by atoms with van der Waals surface area (Å²) >= 11 is 2.29. The highest BCUT2D eigenvalue weighted by molar-refractivity contribution is 14.1. The van der Waals surface area contributed by atoms with E-state index in [2.05, 4.69) is 35.6 Å². The fraction of sp³-hybridized carbons (Fsp3) is 1.00. The summed E-state index contributed by atoms with van der Waals surface area (Å²) in [4.78, 5) is 0. The van der Waals surface area contributed by atoms with Crippen LogP contribution in [0.15, 0.2) is 0 Å². The van der Waals surface area contributed by atoms with Crippen molar-refractivity contribution in [3.63, 3.8) is 0 Å². The lowest BCUT2D eigenvalue weighted by molar-refractivity contribution is 0.264. The largest absolute Gasteiger partial charge is 0.410 e. The van der Waals surface area contributed by atoms with Gasteiger partial charge in [0, 0.05) is 19.8 Å². The standard InChI is InChI=1S/C5H13IO2Si/c1-5(2)9(6,7-3)8-4/h5H,1-4H3. The Morgan fingerprint density at radius 2 is 1.56 bits per heavy atom. The molecule has 0 atom stereocenters. The number of rotatable bonds is 3. The van der Waals surface area contributed by atoms with E-state index in [1.54, 1.807) is 14.2 Å². The summed E-state index contributed by atoms with van der Waals surface area (Å²) in [7, 11) is 3.42. The maximum Gasteiger partial charge on any atom is 0.410 e. The van der Waals surface area contributed by atoms with Crippen LogP contribution in [-0.4, -0.2) is 20.3 Å². The minimum Gasteiger partial charge on any atom is -0.390 e. The molecular weight excluding hydrogens is 247 g/mol. The zero-order valence-corrected chi connectivity index (χ0v) is 9.43. The molecule has 0 aliphatic rings. The fourth-order valence-corrected chi connectivity index (χ4v) is 1.66. The van der Waals surface area contributed by atoms with Gasteiger partial charge < -0.3 is 8.85 Å². The van der Waals surface area contributed by atoms with Gasteiger partial charge in [-0.1, -0.05) is 13.8 Å². The predicted molar refractivity (Wildman–Crippen MR) is 48.9 cm³/mol. The molecule has 0 rings (SSSR count). The van der Waals surface area contributed by atoms with E-state index >= 15 is 0 Å². The van der Waals surface area contributed by atoms with Crippen LogP contribution in [0.2, 0.25) is 5.54 Å². The average Bonchev–Trinajstić information content (AvgIpc) is 1.86. The molecule has 0 radical (unpaired) electrons. The summed E-state index contributed by atoms with van der Waals surface area (Å²) in [5.74, 6) is 0. The quantitative estimate of drug-likeness (QED) is 0.439. The van der Waals surface area contributed by atoms with Crippen LogP contribution in [0.4, 0.5) is 0 Å². The third-order valence-electron chi connectivity index (χ3n) is 1.25. The Kier molecular flexibility index (Phi) is 4.27. The van der Waals surface area contributed by atoms with E-state index in [0.717, 1.165) is 0 Å². The topological polar surface area (TPSA) is 18.5 Å². The molecule has 0 N–H and O–H groups in total. The molecule has 0 saturated heterocycles. The summed E-state index contributed by atoms with van der Waals surface area (Å²) in [6.07, 6.45) is 0. The van der Waals surface area contributed by atoms with Crippen LogP contribution < -0.4 is 0 Å². The van der Waals surface area contributed by atoms with Gasteiger partial charge >= 0.3 is 6.06 Å². The molecule has 0 bridgehead atoms. The zero-order chi connectivity index (χ0) is 7.49. The monoisotopic (exact) mass is 260 g/mol. The van der Waals surface area contributed by atoms with Crippen LogP contribution in [-0.2, 0) is 8.85 Å². The first-order chi connectivity index (χ1) is 4.06. The highest BCUT2D eigenvalue weighted by atomic mass is 127. The van der Waals surface area contributed by atoms with Gasteiger partial charge in [-0.05, 0) is 21.8 Å². The van der Waals surface area contributed by atoms with Crippen LogP contribution in [0.25, 0.3) is 0 Å². The molecule has 0 amide bonds. The summed E-state index contributed by atoms with van der Waals surface area (Å²) in [6.45, 7) is 4.23. The van der Waals surface area contributed by atoms with Crippen LogP contribution in [0.3, 0.4) is 0 Å². The molecule has 0 saturated carbocycles. The lowest BCUT2D eigenvalue weighted by Gasteiger charge is -2.23. The second-order valence-corrected chi connectivity index (χ2v) is 9.79. The van der Waals surface area contributed by atoms with E-state index < -0.39 is 6.06 Å². The SMILES string of the molecule is CO[Si](I)(OC)C(C)C. The highest BCUT2D eigenvalue weighted by Gasteiger charge is 2.35. The summed E-state index contributed by atoms with van der Waals surface area (Å²) in [5, 5.41) is 0. The van der Waals surface area contributed by atoms with Crippen molar-refractivity contribution in [2.75, 3.05) is 14.2 Å². The van der Waals surface area contributed by atoms with Crippen LogP contribution in [0.1, 0.15) is 13.8 Å². The van der Waals surface area contributed by atoms with Gasteiger partial charge in [0.2, 0.25) is 0 Å². The Balaban J connectivity index is 3.92. The van der Waals surface area contributed by atoms with Crippen molar-refractivity contribution in [1.29, 1.82) is 0 Å². The third kappa shape index (κ3) is 2.53. The van der Waals surface area contributed by atoms with E-state index in [1.807, 2.05) is 0 Å². The highest BCUT2D eigenvalue weighted by Crippen LogP contribution is 2.28. The van der Waals surface area contributed by atoms with Gasteiger partial charge in [-0.25, -0.2) is 0 Å². The molecule has 0 aromatic rings. The van der Waals surface area contributed by atoms with Crippen molar-refractivity contribution in [2.24, 2.45) is 0 Å². The molecule has 0 heterocycles. The fourth-order valence-electron chi connectivity index (χ4n) is 0.555. The molecule has 0 fully saturated rings. The van der Waals surface area contributed by atoms with Gasteiger partial charge in [0.25, 0.3) is 0 Å². The second kappa shape index (κ2) is 3.90. The smallest absolute Gasteiger partial charge is 0.390 e. The Morgan fingerprint density at radius 1 is 1.22 bits per heavy atom. The Labute approximate surface area is 70.4 Å². The molecule has 0 aliphatic carbocycles. The molecule has 0 aromatic heterocycles. The number of hydrogen-bond acceptors (Lipinski definition) is 2. The Bertz CT molecular complexity index is 83.0. The van der Waals surface area contributed by atoms with Gasteiger partial charge in [-0.2, -0.15) is 0 Å². The number of halogens is 1. The third-order valence-corrected chi connectivity index (χ3v) is 10.1. The maximum atomic E-state index is 5.25. The summed E-state index contributed by atoms with van der Waals surface area (Å²) in [6, 6.07) is -1.80. The second-order valence-electron chi connectivity index (χ2n) is 2.15.